The van der Waals surface area contributed by atoms with E-state index in [1.807, 2.05) is 6.92 Å². The molecule has 0 aliphatic carbocycles. The largest absolute Gasteiger partial charge is 0.319 e. The quantitative estimate of drug-likeness (QED) is 0.889. The molecule has 1 atom stereocenters. The number of aromatic nitrogens is 2. The first kappa shape index (κ1) is 13.7. The minimum atomic E-state index is -0.556. The Bertz CT molecular complexity index is 568. The van der Waals surface area contributed by atoms with E-state index in [1.165, 1.54) is 6.07 Å². The van der Waals surface area contributed by atoms with Crippen LogP contribution in [0.3, 0.4) is 0 Å². The summed E-state index contributed by atoms with van der Waals surface area (Å²) in [6.07, 6.45) is 1.68. The molecule has 2 rings (SSSR count). The van der Waals surface area contributed by atoms with Gasteiger partial charge in [-0.2, -0.15) is 5.10 Å². The second-order valence-electron chi connectivity index (χ2n) is 3.84. The van der Waals surface area contributed by atoms with Gasteiger partial charge in [-0.05, 0) is 41.1 Å². The number of benzene rings is 1. The minimum Gasteiger partial charge on any atom is -0.319 e. The molecule has 0 fully saturated rings. The van der Waals surface area contributed by atoms with Gasteiger partial charge >= 0.3 is 0 Å². The van der Waals surface area contributed by atoms with Gasteiger partial charge in [0.15, 0.2) is 0 Å². The molecular formula is C12H12Br2FN3. The maximum atomic E-state index is 13.8. The summed E-state index contributed by atoms with van der Waals surface area (Å²) in [5, 5.41) is 4.19. The van der Waals surface area contributed by atoms with Crippen molar-refractivity contribution in [2.24, 2.45) is 5.73 Å². The second kappa shape index (κ2) is 5.50. The van der Waals surface area contributed by atoms with Crippen molar-refractivity contribution in [3.05, 3.63) is 50.4 Å². The highest BCUT2D eigenvalue weighted by Gasteiger charge is 2.20. The Hall–Kier alpha value is -0.720. The Balaban J connectivity index is 2.50. The van der Waals surface area contributed by atoms with Gasteiger partial charge < -0.3 is 5.73 Å². The molecule has 0 saturated carbocycles. The van der Waals surface area contributed by atoms with Gasteiger partial charge in [-0.25, -0.2) is 4.39 Å². The molecule has 1 unspecified atom stereocenters. The molecule has 18 heavy (non-hydrogen) atoms. The van der Waals surface area contributed by atoms with Gasteiger partial charge in [0.2, 0.25) is 0 Å². The zero-order valence-corrected chi connectivity index (χ0v) is 12.9. The fourth-order valence-corrected chi connectivity index (χ4v) is 2.76. The monoisotopic (exact) mass is 375 g/mol. The van der Waals surface area contributed by atoms with E-state index in [-0.39, 0.29) is 5.82 Å². The van der Waals surface area contributed by atoms with Gasteiger partial charge in [0.25, 0.3) is 0 Å². The zero-order chi connectivity index (χ0) is 13.3. The van der Waals surface area contributed by atoms with Crippen LogP contribution in [0.1, 0.15) is 24.2 Å². The molecular weight excluding hydrogens is 365 g/mol. The number of nitrogens with two attached hydrogens (primary N) is 1. The molecule has 2 N–H and O–H groups in total. The fraction of sp³-hybridized carbons (Fsp3) is 0.250. The molecule has 0 aliphatic rings. The van der Waals surface area contributed by atoms with Crippen molar-refractivity contribution >= 4 is 31.9 Å². The third-order valence-corrected chi connectivity index (χ3v) is 3.82. The highest BCUT2D eigenvalue weighted by molar-refractivity contribution is 9.10. The SMILES string of the molecule is CCn1ncc(Br)c1C(N)c1cc(Br)ccc1F. The molecule has 1 aromatic heterocycles. The summed E-state index contributed by atoms with van der Waals surface area (Å²) < 4.78 is 17.2. The molecule has 0 amide bonds. The number of aryl methyl sites for hydroxylation is 1. The summed E-state index contributed by atoms with van der Waals surface area (Å²) in [7, 11) is 0. The average molecular weight is 377 g/mol. The second-order valence-corrected chi connectivity index (χ2v) is 5.61. The Labute approximate surface area is 121 Å². The molecule has 3 nitrogen and oxygen atoms in total. The van der Waals surface area contributed by atoms with E-state index < -0.39 is 6.04 Å². The predicted molar refractivity (Wildman–Crippen MR) is 75.7 cm³/mol. The van der Waals surface area contributed by atoms with E-state index in [1.54, 1.807) is 23.0 Å². The van der Waals surface area contributed by atoms with Crippen molar-refractivity contribution in [3.8, 4) is 0 Å². The number of hydrogen-bond acceptors (Lipinski definition) is 2. The van der Waals surface area contributed by atoms with Gasteiger partial charge in [-0.1, -0.05) is 15.9 Å². The molecule has 0 saturated heterocycles. The van der Waals surface area contributed by atoms with Gasteiger partial charge in [0.1, 0.15) is 5.82 Å². The van der Waals surface area contributed by atoms with Gasteiger partial charge in [0, 0.05) is 16.6 Å². The predicted octanol–water partition coefficient (Wildman–Crippen LogP) is 3.62. The summed E-state index contributed by atoms with van der Waals surface area (Å²) in [6, 6.07) is 4.19. The van der Waals surface area contributed by atoms with E-state index in [9.17, 15) is 4.39 Å². The lowest BCUT2D eigenvalue weighted by molar-refractivity contribution is 0.566. The van der Waals surface area contributed by atoms with Gasteiger partial charge in [0.05, 0.1) is 22.4 Å². The van der Waals surface area contributed by atoms with Crippen LogP contribution < -0.4 is 5.73 Å². The third-order valence-electron chi connectivity index (χ3n) is 2.72. The van der Waals surface area contributed by atoms with Crippen molar-refractivity contribution in [1.82, 2.24) is 9.78 Å². The topological polar surface area (TPSA) is 43.8 Å². The van der Waals surface area contributed by atoms with E-state index in [0.717, 1.165) is 14.6 Å². The molecule has 0 bridgehead atoms. The summed E-state index contributed by atoms with van der Waals surface area (Å²) in [5.41, 5.74) is 7.37. The molecule has 2 aromatic rings. The maximum Gasteiger partial charge on any atom is 0.128 e. The summed E-state index contributed by atoms with van der Waals surface area (Å²) >= 11 is 6.73. The third kappa shape index (κ3) is 2.50. The molecule has 0 spiro atoms. The van der Waals surface area contributed by atoms with Crippen LogP contribution in [0.2, 0.25) is 0 Å². The van der Waals surface area contributed by atoms with Crippen molar-refractivity contribution in [2.75, 3.05) is 0 Å². The average Bonchev–Trinajstić information content (AvgIpc) is 2.72. The number of hydrogen-bond donors (Lipinski definition) is 1. The summed E-state index contributed by atoms with van der Waals surface area (Å²) in [5.74, 6) is -0.318. The normalized spacial score (nSPS) is 12.7. The Morgan fingerprint density at radius 2 is 2.17 bits per heavy atom. The lowest BCUT2D eigenvalue weighted by Gasteiger charge is -2.15. The Morgan fingerprint density at radius 3 is 2.83 bits per heavy atom. The first-order chi connectivity index (χ1) is 8.54. The molecule has 0 aliphatic heterocycles. The lowest BCUT2D eigenvalue weighted by Crippen LogP contribution is -2.19. The van der Waals surface area contributed by atoms with E-state index in [0.29, 0.717) is 12.1 Å². The van der Waals surface area contributed by atoms with Crippen LogP contribution in [0.5, 0.6) is 0 Å². The minimum absolute atomic E-state index is 0.318. The van der Waals surface area contributed by atoms with Gasteiger partial charge in [-0.15, -0.1) is 0 Å². The van der Waals surface area contributed by atoms with Crippen molar-refractivity contribution in [1.29, 1.82) is 0 Å². The van der Waals surface area contributed by atoms with Crippen LogP contribution >= 0.6 is 31.9 Å². The smallest absolute Gasteiger partial charge is 0.128 e. The van der Waals surface area contributed by atoms with Gasteiger partial charge in [-0.3, -0.25) is 4.68 Å². The number of halogens is 3. The van der Waals surface area contributed by atoms with Crippen LogP contribution in [0.25, 0.3) is 0 Å². The molecule has 6 heteroatoms. The van der Waals surface area contributed by atoms with Crippen LogP contribution in [0, 0.1) is 5.82 Å². The molecule has 1 heterocycles. The zero-order valence-electron chi connectivity index (χ0n) is 9.70. The van der Waals surface area contributed by atoms with E-state index >= 15 is 0 Å². The van der Waals surface area contributed by atoms with Crippen LogP contribution in [0.4, 0.5) is 4.39 Å². The van der Waals surface area contributed by atoms with Crippen molar-refractivity contribution in [3.63, 3.8) is 0 Å². The van der Waals surface area contributed by atoms with Crippen molar-refractivity contribution in [2.45, 2.75) is 19.5 Å². The highest BCUT2D eigenvalue weighted by Crippen LogP contribution is 2.29. The van der Waals surface area contributed by atoms with Crippen LogP contribution in [-0.2, 0) is 6.54 Å². The molecule has 96 valence electrons. The van der Waals surface area contributed by atoms with E-state index in [4.69, 9.17) is 5.73 Å². The van der Waals surface area contributed by atoms with Crippen LogP contribution in [-0.4, -0.2) is 9.78 Å². The number of rotatable bonds is 3. The number of nitrogens with zero attached hydrogens (tertiary/aromatic N) is 2. The standard InChI is InChI=1S/C12H12Br2FN3/c1-2-18-12(9(14)6-17-18)11(16)8-5-7(13)3-4-10(8)15/h3-6,11H,2,16H2,1H3. The summed E-state index contributed by atoms with van der Waals surface area (Å²) in [4.78, 5) is 0. The summed E-state index contributed by atoms with van der Waals surface area (Å²) in [6.45, 7) is 2.65. The lowest BCUT2D eigenvalue weighted by atomic mass is 10.0. The fourth-order valence-electron chi connectivity index (χ4n) is 1.83. The molecule has 1 aromatic carbocycles. The first-order valence-electron chi connectivity index (χ1n) is 5.46. The Kier molecular flexibility index (Phi) is 4.19. The highest BCUT2D eigenvalue weighted by atomic mass is 79.9. The van der Waals surface area contributed by atoms with Crippen LogP contribution in [0.15, 0.2) is 33.3 Å². The Morgan fingerprint density at radius 1 is 1.44 bits per heavy atom. The molecule has 0 radical (unpaired) electrons. The van der Waals surface area contributed by atoms with Crippen molar-refractivity contribution < 1.29 is 4.39 Å². The van der Waals surface area contributed by atoms with E-state index in [2.05, 4.69) is 37.0 Å². The first-order valence-corrected chi connectivity index (χ1v) is 7.05. The maximum absolute atomic E-state index is 13.8.